The van der Waals surface area contributed by atoms with Crippen LogP contribution in [0.4, 0.5) is 11.4 Å². The SMILES string of the molecule is Cc1cccc(NC(C)C2CCCNC2)c1[N+](=O)[O-]. The number of benzene rings is 1. The summed E-state index contributed by atoms with van der Waals surface area (Å²) in [5.41, 5.74) is 1.52. The van der Waals surface area contributed by atoms with Gasteiger partial charge in [-0.2, -0.15) is 0 Å². The number of hydrogen-bond donors (Lipinski definition) is 2. The van der Waals surface area contributed by atoms with E-state index in [9.17, 15) is 10.1 Å². The van der Waals surface area contributed by atoms with E-state index in [2.05, 4.69) is 17.6 Å². The lowest BCUT2D eigenvalue weighted by atomic mass is 9.92. The van der Waals surface area contributed by atoms with Gasteiger partial charge in [0.25, 0.3) is 5.69 Å². The summed E-state index contributed by atoms with van der Waals surface area (Å²) in [4.78, 5) is 10.9. The van der Waals surface area contributed by atoms with Gasteiger partial charge in [0.2, 0.25) is 0 Å². The lowest BCUT2D eigenvalue weighted by Gasteiger charge is -2.29. The largest absolute Gasteiger partial charge is 0.377 e. The number of nitro groups is 1. The van der Waals surface area contributed by atoms with Crippen LogP contribution in [0.15, 0.2) is 18.2 Å². The first-order chi connectivity index (χ1) is 9.09. The Bertz CT molecular complexity index is 456. The average Bonchev–Trinajstić information content (AvgIpc) is 2.39. The molecular weight excluding hydrogens is 242 g/mol. The third-order valence-corrected chi connectivity index (χ3v) is 3.85. The Morgan fingerprint density at radius 3 is 2.95 bits per heavy atom. The molecule has 104 valence electrons. The highest BCUT2D eigenvalue weighted by Gasteiger charge is 2.23. The average molecular weight is 263 g/mol. The standard InChI is InChI=1S/C14H21N3O2/c1-10-5-3-7-13(14(10)17(18)19)16-11(2)12-6-4-8-15-9-12/h3,5,7,11-12,15-16H,4,6,8-9H2,1-2H3. The van der Waals surface area contributed by atoms with Crippen molar-refractivity contribution in [1.29, 1.82) is 0 Å². The number of aryl methyl sites for hydroxylation is 1. The highest BCUT2D eigenvalue weighted by Crippen LogP contribution is 2.29. The minimum Gasteiger partial charge on any atom is -0.377 e. The zero-order valence-corrected chi connectivity index (χ0v) is 11.5. The summed E-state index contributed by atoms with van der Waals surface area (Å²) in [6, 6.07) is 5.65. The van der Waals surface area contributed by atoms with E-state index < -0.39 is 0 Å². The topological polar surface area (TPSA) is 67.2 Å². The number of nitrogens with zero attached hydrogens (tertiary/aromatic N) is 1. The Morgan fingerprint density at radius 1 is 1.53 bits per heavy atom. The van der Waals surface area contributed by atoms with E-state index in [0.717, 1.165) is 13.1 Å². The van der Waals surface area contributed by atoms with Crippen LogP contribution in [0.1, 0.15) is 25.3 Å². The minimum atomic E-state index is -0.302. The van der Waals surface area contributed by atoms with Crippen molar-refractivity contribution in [3.63, 3.8) is 0 Å². The smallest absolute Gasteiger partial charge is 0.295 e. The molecule has 0 amide bonds. The Kier molecular flexibility index (Phi) is 4.37. The maximum Gasteiger partial charge on any atom is 0.295 e. The maximum absolute atomic E-state index is 11.2. The van der Waals surface area contributed by atoms with Crippen molar-refractivity contribution >= 4 is 11.4 Å². The number of hydrogen-bond acceptors (Lipinski definition) is 4. The molecule has 0 aliphatic carbocycles. The number of para-hydroxylation sites is 1. The molecule has 2 N–H and O–H groups in total. The molecule has 0 saturated carbocycles. The van der Waals surface area contributed by atoms with Gasteiger partial charge in [0.05, 0.1) is 4.92 Å². The van der Waals surface area contributed by atoms with Crippen LogP contribution in [0.25, 0.3) is 0 Å². The van der Waals surface area contributed by atoms with E-state index in [1.807, 2.05) is 6.07 Å². The lowest BCUT2D eigenvalue weighted by molar-refractivity contribution is -0.384. The molecular formula is C14H21N3O2. The zero-order valence-electron chi connectivity index (χ0n) is 11.5. The van der Waals surface area contributed by atoms with E-state index in [0.29, 0.717) is 17.2 Å². The summed E-state index contributed by atoms with van der Waals surface area (Å²) >= 11 is 0. The van der Waals surface area contributed by atoms with Crippen molar-refractivity contribution in [2.75, 3.05) is 18.4 Å². The van der Waals surface area contributed by atoms with Crippen LogP contribution < -0.4 is 10.6 Å². The molecule has 2 unspecified atom stereocenters. The van der Waals surface area contributed by atoms with Gasteiger partial charge in [0, 0.05) is 11.6 Å². The first-order valence-corrected chi connectivity index (χ1v) is 6.81. The Labute approximate surface area is 113 Å². The van der Waals surface area contributed by atoms with Crippen LogP contribution in [-0.2, 0) is 0 Å². The molecule has 1 heterocycles. The molecule has 2 atom stereocenters. The normalized spacial score (nSPS) is 20.8. The van der Waals surface area contributed by atoms with Crippen molar-refractivity contribution in [3.8, 4) is 0 Å². The molecule has 1 aliphatic rings. The number of nitrogens with one attached hydrogen (secondary N) is 2. The van der Waals surface area contributed by atoms with Gasteiger partial charge in [0.15, 0.2) is 0 Å². The summed E-state index contributed by atoms with van der Waals surface area (Å²) in [6.45, 7) is 5.93. The van der Waals surface area contributed by atoms with Gasteiger partial charge in [-0.25, -0.2) is 0 Å². The third kappa shape index (κ3) is 3.23. The van der Waals surface area contributed by atoms with E-state index in [1.54, 1.807) is 19.1 Å². The van der Waals surface area contributed by atoms with Gasteiger partial charge in [0.1, 0.15) is 5.69 Å². The Hall–Kier alpha value is -1.62. The second-order valence-electron chi connectivity index (χ2n) is 5.27. The molecule has 0 spiro atoms. The fourth-order valence-electron chi connectivity index (χ4n) is 2.69. The van der Waals surface area contributed by atoms with Crippen molar-refractivity contribution in [1.82, 2.24) is 5.32 Å². The number of anilines is 1. The minimum absolute atomic E-state index is 0.193. The maximum atomic E-state index is 11.2. The molecule has 1 aromatic carbocycles. The predicted molar refractivity (Wildman–Crippen MR) is 76.5 cm³/mol. The highest BCUT2D eigenvalue weighted by atomic mass is 16.6. The number of piperidine rings is 1. The summed E-state index contributed by atoms with van der Waals surface area (Å²) in [5, 5.41) is 17.9. The molecule has 19 heavy (non-hydrogen) atoms. The number of nitro benzene ring substituents is 1. The monoisotopic (exact) mass is 263 g/mol. The Balaban J connectivity index is 2.14. The van der Waals surface area contributed by atoms with E-state index >= 15 is 0 Å². The van der Waals surface area contributed by atoms with E-state index in [-0.39, 0.29) is 16.7 Å². The molecule has 5 nitrogen and oxygen atoms in total. The van der Waals surface area contributed by atoms with Crippen LogP contribution >= 0.6 is 0 Å². The fourth-order valence-corrected chi connectivity index (χ4v) is 2.69. The first-order valence-electron chi connectivity index (χ1n) is 6.81. The third-order valence-electron chi connectivity index (χ3n) is 3.85. The van der Waals surface area contributed by atoms with Gasteiger partial charge >= 0.3 is 0 Å². The molecule has 5 heteroatoms. The van der Waals surface area contributed by atoms with E-state index in [1.165, 1.54) is 12.8 Å². The van der Waals surface area contributed by atoms with Gasteiger partial charge in [-0.15, -0.1) is 0 Å². The van der Waals surface area contributed by atoms with Crippen LogP contribution in [0.5, 0.6) is 0 Å². The highest BCUT2D eigenvalue weighted by molar-refractivity contribution is 5.65. The molecule has 1 saturated heterocycles. The lowest BCUT2D eigenvalue weighted by Crippen LogP contribution is -2.38. The molecule has 0 bridgehead atoms. The van der Waals surface area contributed by atoms with Crippen LogP contribution in [0, 0.1) is 23.0 Å². The quantitative estimate of drug-likeness (QED) is 0.647. The molecule has 2 rings (SSSR count). The second-order valence-corrected chi connectivity index (χ2v) is 5.27. The zero-order chi connectivity index (χ0) is 13.8. The van der Waals surface area contributed by atoms with Crippen molar-refractivity contribution in [2.45, 2.75) is 32.7 Å². The molecule has 1 aliphatic heterocycles. The summed E-state index contributed by atoms with van der Waals surface area (Å²) < 4.78 is 0. The first kappa shape index (κ1) is 13.8. The van der Waals surface area contributed by atoms with Crippen LogP contribution in [-0.4, -0.2) is 24.1 Å². The summed E-state index contributed by atoms with van der Waals surface area (Å²) in [7, 11) is 0. The van der Waals surface area contributed by atoms with Crippen molar-refractivity contribution in [3.05, 3.63) is 33.9 Å². The predicted octanol–water partition coefficient (Wildman–Crippen LogP) is 2.70. The summed E-state index contributed by atoms with van der Waals surface area (Å²) in [6.07, 6.45) is 2.34. The van der Waals surface area contributed by atoms with E-state index in [4.69, 9.17) is 0 Å². The van der Waals surface area contributed by atoms with Crippen LogP contribution in [0.2, 0.25) is 0 Å². The molecule has 1 fully saturated rings. The fraction of sp³-hybridized carbons (Fsp3) is 0.571. The van der Waals surface area contributed by atoms with Crippen LogP contribution in [0.3, 0.4) is 0 Å². The Morgan fingerprint density at radius 2 is 2.32 bits per heavy atom. The van der Waals surface area contributed by atoms with Crippen molar-refractivity contribution in [2.24, 2.45) is 5.92 Å². The van der Waals surface area contributed by atoms with Gasteiger partial charge in [-0.05, 0) is 51.8 Å². The summed E-state index contributed by atoms with van der Waals surface area (Å²) in [5.74, 6) is 0.522. The molecule has 1 aromatic rings. The second kappa shape index (κ2) is 6.02. The van der Waals surface area contributed by atoms with Gasteiger partial charge in [-0.1, -0.05) is 12.1 Å². The van der Waals surface area contributed by atoms with Gasteiger partial charge in [-0.3, -0.25) is 10.1 Å². The number of rotatable bonds is 4. The van der Waals surface area contributed by atoms with Crippen molar-refractivity contribution < 1.29 is 4.92 Å². The molecule has 0 aromatic heterocycles. The van der Waals surface area contributed by atoms with Gasteiger partial charge < -0.3 is 10.6 Å². The molecule has 0 radical (unpaired) electrons.